The number of nitrogens with zero attached hydrogens (tertiary/aromatic N) is 2. The molecule has 1 aromatic heterocycles. The molecular weight excluding hydrogens is 374 g/mol. The SMILES string of the molecule is Cc1ccc(S(=O)(=O)NCC2CCCN(Cc3noc4c3CCCC4)C2)cc1. The number of nitrogens with one attached hydrogen (secondary N) is 1. The molecule has 1 aliphatic heterocycles. The summed E-state index contributed by atoms with van der Waals surface area (Å²) in [6, 6.07) is 6.99. The fourth-order valence-electron chi connectivity index (χ4n) is 4.27. The molecule has 1 N–H and O–H groups in total. The molecule has 0 radical (unpaired) electrons. The van der Waals surface area contributed by atoms with E-state index in [-0.39, 0.29) is 0 Å². The molecule has 0 spiro atoms. The number of rotatable bonds is 6. The second kappa shape index (κ2) is 8.35. The molecule has 28 heavy (non-hydrogen) atoms. The van der Waals surface area contributed by atoms with Crippen LogP contribution in [0.1, 0.15) is 48.3 Å². The first kappa shape index (κ1) is 19.6. The summed E-state index contributed by atoms with van der Waals surface area (Å²) in [5.74, 6) is 1.39. The van der Waals surface area contributed by atoms with Gasteiger partial charge in [-0.05, 0) is 63.6 Å². The van der Waals surface area contributed by atoms with Crippen LogP contribution in [0.5, 0.6) is 0 Å². The van der Waals surface area contributed by atoms with Crippen LogP contribution in [0.25, 0.3) is 0 Å². The van der Waals surface area contributed by atoms with Crippen molar-refractivity contribution in [3.05, 3.63) is 46.8 Å². The minimum absolute atomic E-state index is 0.316. The van der Waals surface area contributed by atoms with Gasteiger partial charge in [0, 0.05) is 31.6 Å². The second-order valence-electron chi connectivity index (χ2n) is 8.15. The summed E-state index contributed by atoms with van der Waals surface area (Å²) >= 11 is 0. The van der Waals surface area contributed by atoms with E-state index in [1.807, 2.05) is 19.1 Å². The molecule has 1 fully saturated rings. The summed E-state index contributed by atoms with van der Waals surface area (Å²) in [5.41, 5.74) is 3.45. The number of aromatic nitrogens is 1. The molecule has 1 unspecified atom stereocenters. The van der Waals surface area contributed by atoms with Crippen LogP contribution in [0.15, 0.2) is 33.7 Å². The maximum atomic E-state index is 12.5. The van der Waals surface area contributed by atoms with E-state index in [4.69, 9.17) is 4.52 Å². The number of sulfonamides is 1. The Kier molecular flexibility index (Phi) is 5.85. The zero-order valence-electron chi connectivity index (χ0n) is 16.5. The van der Waals surface area contributed by atoms with Gasteiger partial charge in [-0.15, -0.1) is 0 Å². The van der Waals surface area contributed by atoms with Gasteiger partial charge in [0.2, 0.25) is 10.0 Å². The first-order valence-corrected chi connectivity index (χ1v) is 11.7. The highest BCUT2D eigenvalue weighted by molar-refractivity contribution is 7.89. The molecule has 4 rings (SSSR count). The predicted molar refractivity (Wildman–Crippen MR) is 108 cm³/mol. The van der Waals surface area contributed by atoms with Crippen molar-refractivity contribution in [2.45, 2.75) is 56.9 Å². The van der Waals surface area contributed by atoms with E-state index in [2.05, 4.69) is 14.8 Å². The molecule has 0 saturated carbocycles. The van der Waals surface area contributed by atoms with Crippen LogP contribution in [0.2, 0.25) is 0 Å². The van der Waals surface area contributed by atoms with E-state index in [0.717, 1.165) is 62.3 Å². The number of benzene rings is 1. The zero-order valence-corrected chi connectivity index (χ0v) is 17.3. The van der Waals surface area contributed by atoms with E-state index in [9.17, 15) is 8.42 Å². The first-order valence-electron chi connectivity index (χ1n) is 10.3. The summed E-state index contributed by atoms with van der Waals surface area (Å²) in [4.78, 5) is 2.72. The molecule has 0 bridgehead atoms. The number of hydrogen-bond donors (Lipinski definition) is 1. The molecule has 1 aromatic carbocycles. The molecule has 2 aliphatic rings. The number of hydrogen-bond acceptors (Lipinski definition) is 5. The van der Waals surface area contributed by atoms with Crippen molar-refractivity contribution in [3.63, 3.8) is 0 Å². The van der Waals surface area contributed by atoms with Gasteiger partial charge < -0.3 is 4.52 Å². The fourth-order valence-corrected chi connectivity index (χ4v) is 5.39. The van der Waals surface area contributed by atoms with Crippen molar-refractivity contribution < 1.29 is 12.9 Å². The van der Waals surface area contributed by atoms with Crippen LogP contribution in [0.4, 0.5) is 0 Å². The molecule has 152 valence electrons. The molecule has 1 atom stereocenters. The number of aryl methyl sites for hydroxylation is 2. The van der Waals surface area contributed by atoms with Crippen molar-refractivity contribution in [2.75, 3.05) is 19.6 Å². The molecule has 6 nitrogen and oxygen atoms in total. The summed E-state index contributed by atoms with van der Waals surface area (Å²) in [6.45, 7) is 5.15. The number of likely N-dealkylation sites (tertiary alicyclic amines) is 1. The summed E-state index contributed by atoms with van der Waals surface area (Å²) in [7, 11) is -3.45. The van der Waals surface area contributed by atoms with Gasteiger partial charge in [0.25, 0.3) is 0 Å². The lowest BCUT2D eigenvalue weighted by Crippen LogP contribution is -2.40. The highest BCUT2D eigenvalue weighted by Gasteiger charge is 2.25. The fraction of sp³-hybridized carbons (Fsp3) is 0.571. The third-order valence-electron chi connectivity index (χ3n) is 5.90. The van der Waals surface area contributed by atoms with Crippen LogP contribution in [-0.2, 0) is 29.4 Å². The van der Waals surface area contributed by atoms with Crippen LogP contribution in [0.3, 0.4) is 0 Å². The molecule has 2 heterocycles. The average Bonchev–Trinajstić information content (AvgIpc) is 3.10. The van der Waals surface area contributed by atoms with Crippen LogP contribution < -0.4 is 4.72 Å². The van der Waals surface area contributed by atoms with Crippen LogP contribution in [0, 0.1) is 12.8 Å². The molecule has 0 amide bonds. The Balaban J connectivity index is 1.34. The van der Waals surface area contributed by atoms with Gasteiger partial charge in [-0.2, -0.15) is 0 Å². The lowest BCUT2D eigenvalue weighted by Gasteiger charge is -2.32. The number of fused-ring (bicyclic) bond motifs is 1. The Bertz CT molecular complexity index is 905. The minimum atomic E-state index is -3.45. The molecule has 1 saturated heterocycles. The lowest BCUT2D eigenvalue weighted by atomic mass is 9.95. The van der Waals surface area contributed by atoms with Crippen molar-refractivity contribution in [1.82, 2.24) is 14.8 Å². The third-order valence-corrected chi connectivity index (χ3v) is 7.34. The first-order chi connectivity index (χ1) is 13.5. The van der Waals surface area contributed by atoms with Gasteiger partial charge in [0.05, 0.1) is 4.90 Å². The molecule has 7 heteroatoms. The Morgan fingerprint density at radius 3 is 2.79 bits per heavy atom. The van der Waals surface area contributed by atoms with Crippen LogP contribution >= 0.6 is 0 Å². The van der Waals surface area contributed by atoms with E-state index in [1.54, 1.807) is 12.1 Å². The molecule has 1 aliphatic carbocycles. The topological polar surface area (TPSA) is 75.4 Å². The van der Waals surface area contributed by atoms with Gasteiger partial charge in [0.1, 0.15) is 11.5 Å². The standard InChI is InChI=1S/C21H29N3O3S/c1-16-8-10-18(11-9-16)28(25,26)22-13-17-5-4-12-24(14-17)15-20-19-6-2-3-7-21(19)27-23-20/h8-11,17,22H,2-7,12-15H2,1H3. The number of piperidine rings is 1. The van der Waals surface area contributed by atoms with Gasteiger partial charge >= 0.3 is 0 Å². The smallest absolute Gasteiger partial charge is 0.240 e. The van der Waals surface area contributed by atoms with E-state index < -0.39 is 10.0 Å². The van der Waals surface area contributed by atoms with Crippen molar-refractivity contribution in [1.29, 1.82) is 0 Å². The highest BCUT2D eigenvalue weighted by atomic mass is 32.2. The van der Waals surface area contributed by atoms with E-state index >= 15 is 0 Å². The maximum absolute atomic E-state index is 12.5. The Morgan fingerprint density at radius 1 is 1.18 bits per heavy atom. The average molecular weight is 404 g/mol. The monoisotopic (exact) mass is 403 g/mol. The van der Waals surface area contributed by atoms with Gasteiger partial charge in [0.15, 0.2) is 0 Å². The quantitative estimate of drug-likeness (QED) is 0.802. The Hall–Kier alpha value is -1.70. The normalized spacial score (nSPS) is 20.8. The van der Waals surface area contributed by atoms with E-state index in [1.165, 1.54) is 18.4 Å². The summed E-state index contributed by atoms with van der Waals surface area (Å²) in [5, 5.41) is 4.32. The van der Waals surface area contributed by atoms with Crippen molar-refractivity contribution in [3.8, 4) is 0 Å². The van der Waals surface area contributed by atoms with Gasteiger partial charge in [-0.1, -0.05) is 22.9 Å². The third kappa shape index (κ3) is 4.47. The molecule has 2 aromatic rings. The summed E-state index contributed by atoms with van der Waals surface area (Å²) in [6.07, 6.45) is 6.60. The maximum Gasteiger partial charge on any atom is 0.240 e. The van der Waals surface area contributed by atoms with Crippen molar-refractivity contribution >= 4 is 10.0 Å². The van der Waals surface area contributed by atoms with Gasteiger partial charge in [-0.3, -0.25) is 4.90 Å². The zero-order chi connectivity index (χ0) is 19.6. The van der Waals surface area contributed by atoms with Crippen LogP contribution in [-0.4, -0.2) is 38.1 Å². The lowest BCUT2D eigenvalue weighted by molar-refractivity contribution is 0.165. The largest absolute Gasteiger partial charge is 0.361 e. The van der Waals surface area contributed by atoms with Gasteiger partial charge in [-0.25, -0.2) is 13.1 Å². The minimum Gasteiger partial charge on any atom is -0.361 e. The Labute approximate surface area is 167 Å². The second-order valence-corrected chi connectivity index (χ2v) is 9.91. The van der Waals surface area contributed by atoms with Crippen molar-refractivity contribution in [2.24, 2.45) is 5.92 Å². The highest BCUT2D eigenvalue weighted by Crippen LogP contribution is 2.26. The summed E-state index contributed by atoms with van der Waals surface area (Å²) < 4.78 is 33.4. The predicted octanol–water partition coefficient (Wildman–Crippen LogP) is 3.05. The molecular formula is C21H29N3O3S. The van der Waals surface area contributed by atoms with E-state index in [0.29, 0.717) is 17.4 Å². The Morgan fingerprint density at radius 2 is 1.96 bits per heavy atom.